The van der Waals surface area contributed by atoms with Crippen LogP contribution in [0, 0.1) is 17.7 Å². The third-order valence-electron chi connectivity index (χ3n) is 4.47. The Bertz CT molecular complexity index is 703. The van der Waals surface area contributed by atoms with Crippen molar-refractivity contribution in [2.75, 3.05) is 36.8 Å². The highest BCUT2D eigenvalue weighted by Crippen LogP contribution is 2.22. The van der Waals surface area contributed by atoms with E-state index in [0.717, 1.165) is 0 Å². The van der Waals surface area contributed by atoms with Gasteiger partial charge in [-0.05, 0) is 18.1 Å². The number of amides is 1. The number of benzene rings is 1. The highest BCUT2D eigenvalue weighted by Gasteiger charge is 2.34. The maximum atomic E-state index is 13.9. The summed E-state index contributed by atoms with van der Waals surface area (Å²) >= 11 is 0. The summed E-state index contributed by atoms with van der Waals surface area (Å²) in [7, 11) is -3.66. The number of hydroxylamine groups is 1. The fourth-order valence-electron chi connectivity index (χ4n) is 2.90. The maximum Gasteiger partial charge on any atom is 0.247 e. The zero-order valence-corrected chi connectivity index (χ0v) is 15.2. The van der Waals surface area contributed by atoms with Crippen LogP contribution >= 0.6 is 0 Å². The van der Waals surface area contributed by atoms with Crippen LogP contribution in [0.5, 0.6) is 0 Å². The Hall–Kier alpha value is -1.71. The number of halogens is 1. The molecule has 140 valence electrons. The van der Waals surface area contributed by atoms with Crippen LogP contribution in [-0.2, 0) is 14.8 Å². The molecule has 1 heterocycles. The molecule has 2 N–H and O–H groups in total. The van der Waals surface area contributed by atoms with Gasteiger partial charge >= 0.3 is 0 Å². The molecule has 0 saturated carbocycles. The summed E-state index contributed by atoms with van der Waals surface area (Å²) in [5.41, 5.74) is 1.99. The first-order valence-electron chi connectivity index (χ1n) is 8.17. The van der Waals surface area contributed by atoms with Gasteiger partial charge in [-0.3, -0.25) is 10.0 Å². The summed E-state index contributed by atoms with van der Waals surface area (Å²) in [6.45, 7) is 4.65. The average molecular weight is 373 g/mol. The van der Waals surface area contributed by atoms with Crippen LogP contribution in [0.4, 0.5) is 10.1 Å². The van der Waals surface area contributed by atoms with Gasteiger partial charge in [0.2, 0.25) is 15.9 Å². The zero-order chi connectivity index (χ0) is 18.6. The highest BCUT2D eigenvalue weighted by molar-refractivity contribution is 7.89. The number of anilines is 1. The number of hydrogen-bond acceptors (Lipinski definition) is 5. The first-order chi connectivity index (χ1) is 11.8. The second-order valence-corrected chi connectivity index (χ2v) is 8.46. The Kier molecular flexibility index (Phi) is 6.36. The fraction of sp³-hybridized carbons (Fsp3) is 0.562. The van der Waals surface area contributed by atoms with Gasteiger partial charge in [-0.15, -0.1) is 0 Å². The fourth-order valence-corrected chi connectivity index (χ4v) is 4.82. The third kappa shape index (κ3) is 4.68. The summed E-state index contributed by atoms with van der Waals surface area (Å²) in [5.74, 6) is -2.47. The Morgan fingerprint density at radius 2 is 1.84 bits per heavy atom. The minimum absolute atomic E-state index is 0.224. The van der Waals surface area contributed by atoms with Gasteiger partial charge in [0.15, 0.2) is 0 Å². The van der Waals surface area contributed by atoms with Crippen LogP contribution in [0.2, 0.25) is 0 Å². The Labute approximate surface area is 147 Å². The normalized spacial score (nSPS) is 17.6. The first kappa shape index (κ1) is 19.6. The molecule has 0 bridgehead atoms. The number of rotatable bonds is 6. The van der Waals surface area contributed by atoms with E-state index in [9.17, 15) is 17.6 Å². The molecule has 1 aliphatic heterocycles. The van der Waals surface area contributed by atoms with E-state index in [1.807, 2.05) is 4.90 Å². The van der Waals surface area contributed by atoms with Crippen molar-refractivity contribution in [1.82, 2.24) is 9.79 Å². The topological polar surface area (TPSA) is 90.0 Å². The smallest absolute Gasteiger partial charge is 0.247 e. The lowest BCUT2D eigenvalue weighted by Crippen LogP contribution is -2.51. The number of sulfonamides is 1. The molecule has 1 amide bonds. The van der Waals surface area contributed by atoms with Crippen molar-refractivity contribution in [2.45, 2.75) is 13.8 Å². The lowest BCUT2D eigenvalue weighted by Gasteiger charge is -2.36. The van der Waals surface area contributed by atoms with Gasteiger partial charge in [0.05, 0.1) is 17.4 Å². The Balaban J connectivity index is 2.03. The number of nitrogens with one attached hydrogen (secondary N) is 1. The molecule has 0 aliphatic carbocycles. The van der Waals surface area contributed by atoms with Gasteiger partial charge in [0.1, 0.15) is 5.82 Å². The van der Waals surface area contributed by atoms with E-state index in [1.54, 1.807) is 32.0 Å². The number of carbonyl (C=O) groups is 1. The Morgan fingerprint density at radius 3 is 2.36 bits per heavy atom. The molecule has 2 rings (SSSR count). The molecule has 0 spiro atoms. The van der Waals surface area contributed by atoms with E-state index in [1.165, 1.54) is 15.9 Å². The molecule has 7 nitrogen and oxygen atoms in total. The van der Waals surface area contributed by atoms with Gasteiger partial charge in [-0.25, -0.2) is 18.3 Å². The van der Waals surface area contributed by atoms with E-state index in [0.29, 0.717) is 18.8 Å². The van der Waals surface area contributed by atoms with E-state index >= 15 is 0 Å². The molecular weight excluding hydrogens is 349 g/mol. The second kappa shape index (κ2) is 8.11. The van der Waals surface area contributed by atoms with Crippen LogP contribution in [0.3, 0.4) is 0 Å². The predicted octanol–water partition coefficient (Wildman–Crippen LogP) is 1.06. The summed E-state index contributed by atoms with van der Waals surface area (Å²) < 4.78 is 40.4. The molecule has 25 heavy (non-hydrogen) atoms. The SMILES string of the molecule is CC(C)C(CS(=O)(=O)N1CCN(c2ccccc2F)CC1)C(=O)NO. The predicted molar refractivity (Wildman–Crippen MR) is 92.2 cm³/mol. The van der Waals surface area contributed by atoms with Crippen LogP contribution in [0.25, 0.3) is 0 Å². The first-order valence-corrected chi connectivity index (χ1v) is 9.78. The Morgan fingerprint density at radius 1 is 1.24 bits per heavy atom. The van der Waals surface area contributed by atoms with E-state index < -0.39 is 21.8 Å². The average Bonchev–Trinajstić information content (AvgIpc) is 2.59. The summed E-state index contributed by atoms with van der Waals surface area (Å²) in [4.78, 5) is 13.5. The number of carbonyl (C=O) groups excluding carboxylic acids is 1. The van der Waals surface area contributed by atoms with E-state index in [-0.39, 0.29) is 30.6 Å². The van der Waals surface area contributed by atoms with Crippen molar-refractivity contribution in [1.29, 1.82) is 0 Å². The monoisotopic (exact) mass is 373 g/mol. The number of para-hydroxylation sites is 1. The number of piperazine rings is 1. The quantitative estimate of drug-likeness (QED) is 0.575. The van der Waals surface area contributed by atoms with E-state index in [2.05, 4.69) is 0 Å². The molecule has 0 aromatic heterocycles. The largest absolute Gasteiger partial charge is 0.367 e. The van der Waals surface area contributed by atoms with Crippen LogP contribution < -0.4 is 10.4 Å². The molecule has 0 radical (unpaired) electrons. The van der Waals surface area contributed by atoms with Crippen molar-refractivity contribution in [2.24, 2.45) is 11.8 Å². The summed E-state index contributed by atoms with van der Waals surface area (Å²) in [6, 6.07) is 6.39. The van der Waals surface area contributed by atoms with Crippen molar-refractivity contribution >= 4 is 21.6 Å². The number of nitrogens with zero attached hydrogens (tertiary/aromatic N) is 2. The molecule has 1 saturated heterocycles. The molecular formula is C16H24FN3O4S. The van der Waals surface area contributed by atoms with Gasteiger partial charge in [-0.1, -0.05) is 26.0 Å². The molecule has 1 unspecified atom stereocenters. The van der Waals surface area contributed by atoms with Crippen LogP contribution in [0.1, 0.15) is 13.8 Å². The van der Waals surface area contributed by atoms with Crippen molar-refractivity contribution in [3.8, 4) is 0 Å². The van der Waals surface area contributed by atoms with Gasteiger partial charge in [-0.2, -0.15) is 4.31 Å². The van der Waals surface area contributed by atoms with Crippen molar-refractivity contribution in [3.63, 3.8) is 0 Å². The third-order valence-corrected chi connectivity index (χ3v) is 6.40. The van der Waals surface area contributed by atoms with Crippen molar-refractivity contribution in [3.05, 3.63) is 30.1 Å². The molecule has 9 heteroatoms. The lowest BCUT2D eigenvalue weighted by molar-refractivity contribution is -0.134. The van der Waals surface area contributed by atoms with E-state index in [4.69, 9.17) is 5.21 Å². The van der Waals surface area contributed by atoms with Crippen molar-refractivity contribution < 1.29 is 22.8 Å². The second-order valence-electron chi connectivity index (χ2n) is 6.44. The van der Waals surface area contributed by atoms with Crippen LogP contribution in [0.15, 0.2) is 24.3 Å². The molecule has 1 aromatic carbocycles. The minimum atomic E-state index is -3.66. The molecule has 1 aromatic rings. The number of hydrogen-bond donors (Lipinski definition) is 2. The molecule has 1 fully saturated rings. The van der Waals surface area contributed by atoms with Crippen LogP contribution in [-0.4, -0.2) is 55.8 Å². The standard InChI is InChI=1S/C16H24FN3O4S/c1-12(2)13(16(21)18-22)11-25(23,24)20-9-7-19(8-10-20)15-6-4-3-5-14(15)17/h3-6,12-13,22H,7-11H2,1-2H3,(H,18,21). The zero-order valence-electron chi connectivity index (χ0n) is 14.4. The van der Waals surface area contributed by atoms with Gasteiger partial charge in [0.25, 0.3) is 0 Å². The summed E-state index contributed by atoms with van der Waals surface area (Å²) in [5, 5.41) is 8.80. The lowest BCUT2D eigenvalue weighted by atomic mass is 9.97. The highest BCUT2D eigenvalue weighted by atomic mass is 32.2. The van der Waals surface area contributed by atoms with Gasteiger partial charge in [0, 0.05) is 26.2 Å². The minimum Gasteiger partial charge on any atom is -0.367 e. The van der Waals surface area contributed by atoms with Gasteiger partial charge < -0.3 is 4.90 Å². The molecule has 1 aliphatic rings. The summed E-state index contributed by atoms with van der Waals surface area (Å²) in [6.07, 6.45) is 0. The molecule has 1 atom stereocenters. The maximum absolute atomic E-state index is 13.9.